The predicted molar refractivity (Wildman–Crippen MR) is 114 cm³/mol. The summed E-state index contributed by atoms with van der Waals surface area (Å²) in [4.78, 5) is 12.9. The number of fused-ring (bicyclic) bond motifs is 1. The second-order valence-electron chi connectivity index (χ2n) is 7.74. The minimum Gasteiger partial charge on any atom is -0.467 e. The molecule has 30 heavy (non-hydrogen) atoms. The number of carbonyl (C=O) groups is 1. The fourth-order valence-corrected chi connectivity index (χ4v) is 5.49. The molecule has 3 heterocycles. The molecule has 1 aromatic carbocycles. The summed E-state index contributed by atoms with van der Waals surface area (Å²) in [6.07, 6.45) is 7.36. The van der Waals surface area contributed by atoms with Gasteiger partial charge in [-0.15, -0.1) is 0 Å². The summed E-state index contributed by atoms with van der Waals surface area (Å²) in [6, 6.07) is 10.1. The van der Waals surface area contributed by atoms with Gasteiger partial charge in [-0.1, -0.05) is 12.8 Å². The molecular formula is C22H27N3O4S. The van der Waals surface area contributed by atoms with Gasteiger partial charge in [-0.3, -0.25) is 4.79 Å². The van der Waals surface area contributed by atoms with Crippen LogP contribution in [0.25, 0.3) is 10.9 Å². The van der Waals surface area contributed by atoms with Gasteiger partial charge in [0.1, 0.15) is 11.8 Å². The van der Waals surface area contributed by atoms with Crippen LogP contribution < -0.4 is 5.32 Å². The lowest BCUT2D eigenvalue weighted by Crippen LogP contribution is -2.32. The molecule has 1 atom stereocenters. The summed E-state index contributed by atoms with van der Waals surface area (Å²) in [7, 11) is -3.50. The Kier molecular flexibility index (Phi) is 5.97. The molecule has 0 bridgehead atoms. The van der Waals surface area contributed by atoms with Gasteiger partial charge in [0, 0.05) is 30.2 Å². The molecule has 1 aliphatic rings. The van der Waals surface area contributed by atoms with Crippen molar-refractivity contribution in [3.05, 3.63) is 54.6 Å². The van der Waals surface area contributed by atoms with Crippen LogP contribution in [0.5, 0.6) is 0 Å². The standard InChI is InChI=1S/C22H27N3O4S/c1-17(22(26)23-16-19-7-6-14-29-19)25-13-10-18-15-20(8-9-21(18)25)30(27,28)24-11-4-2-3-5-12-24/h6-10,13-15,17H,2-5,11-12,16H2,1H3,(H,23,26)/t17-/m0/s1. The van der Waals surface area contributed by atoms with E-state index in [0.717, 1.165) is 36.6 Å². The lowest BCUT2D eigenvalue weighted by Gasteiger charge is -2.20. The van der Waals surface area contributed by atoms with Crippen molar-refractivity contribution in [3.8, 4) is 0 Å². The second-order valence-corrected chi connectivity index (χ2v) is 9.67. The number of hydrogen-bond acceptors (Lipinski definition) is 4. The molecule has 0 unspecified atom stereocenters. The number of sulfonamides is 1. The SMILES string of the molecule is C[C@@H](C(=O)NCc1ccco1)n1ccc2cc(S(=O)(=O)N3CCCCCC3)ccc21. The number of benzene rings is 1. The first-order valence-corrected chi connectivity index (χ1v) is 11.8. The summed E-state index contributed by atoms with van der Waals surface area (Å²) >= 11 is 0. The van der Waals surface area contributed by atoms with Gasteiger partial charge in [0.25, 0.3) is 0 Å². The van der Waals surface area contributed by atoms with E-state index in [1.54, 1.807) is 34.8 Å². The molecule has 1 N–H and O–H groups in total. The van der Waals surface area contributed by atoms with Crippen molar-refractivity contribution in [2.45, 2.75) is 50.1 Å². The lowest BCUT2D eigenvalue weighted by molar-refractivity contribution is -0.124. The molecule has 1 fully saturated rings. The molecule has 0 saturated carbocycles. The summed E-state index contributed by atoms with van der Waals surface area (Å²) in [5.41, 5.74) is 0.825. The highest BCUT2D eigenvalue weighted by atomic mass is 32.2. The number of nitrogens with zero attached hydrogens (tertiary/aromatic N) is 2. The topological polar surface area (TPSA) is 84.5 Å². The fourth-order valence-electron chi connectivity index (χ4n) is 3.93. The van der Waals surface area contributed by atoms with Crippen LogP contribution in [0.4, 0.5) is 0 Å². The van der Waals surface area contributed by atoms with Crippen molar-refractivity contribution < 1.29 is 17.6 Å². The average Bonchev–Trinajstić information content (AvgIpc) is 3.33. The maximum Gasteiger partial charge on any atom is 0.243 e. The van der Waals surface area contributed by atoms with E-state index in [0.29, 0.717) is 30.3 Å². The molecule has 0 radical (unpaired) electrons. The number of rotatable bonds is 6. The van der Waals surface area contributed by atoms with Crippen LogP contribution in [-0.4, -0.2) is 36.3 Å². The van der Waals surface area contributed by atoms with E-state index in [-0.39, 0.29) is 5.91 Å². The Labute approximate surface area is 176 Å². The zero-order chi connectivity index (χ0) is 21.1. The van der Waals surface area contributed by atoms with Crippen molar-refractivity contribution in [2.24, 2.45) is 0 Å². The zero-order valence-electron chi connectivity index (χ0n) is 17.1. The monoisotopic (exact) mass is 429 g/mol. The average molecular weight is 430 g/mol. The van der Waals surface area contributed by atoms with E-state index in [2.05, 4.69) is 5.32 Å². The van der Waals surface area contributed by atoms with Gasteiger partial charge in [-0.2, -0.15) is 4.31 Å². The first kappa shape index (κ1) is 20.7. The quantitative estimate of drug-likeness (QED) is 0.648. The van der Waals surface area contributed by atoms with Gasteiger partial charge in [0.05, 0.1) is 17.7 Å². The number of carbonyl (C=O) groups excluding carboxylic acids is 1. The highest BCUT2D eigenvalue weighted by molar-refractivity contribution is 7.89. The maximum absolute atomic E-state index is 13.1. The number of nitrogens with one attached hydrogen (secondary N) is 1. The summed E-state index contributed by atoms with van der Waals surface area (Å²) in [6.45, 7) is 3.30. The summed E-state index contributed by atoms with van der Waals surface area (Å²) in [5.74, 6) is 0.557. The van der Waals surface area contributed by atoms with Crippen LogP contribution in [0.3, 0.4) is 0 Å². The summed E-state index contributed by atoms with van der Waals surface area (Å²) in [5, 5.41) is 3.67. The van der Waals surface area contributed by atoms with Crippen LogP contribution in [-0.2, 0) is 21.4 Å². The molecule has 4 rings (SSSR count). The highest BCUT2D eigenvalue weighted by Gasteiger charge is 2.26. The minimum absolute atomic E-state index is 0.134. The van der Waals surface area contributed by atoms with E-state index in [1.807, 2.05) is 29.8 Å². The molecule has 2 aromatic heterocycles. The Morgan fingerprint density at radius 1 is 1.13 bits per heavy atom. The molecule has 1 saturated heterocycles. The second kappa shape index (κ2) is 8.65. The zero-order valence-corrected chi connectivity index (χ0v) is 17.9. The minimum atomic E-state index is -3.50. The van der Waals surface area contributed by atoms with Gasteiger partial charge in [0.15, 0.2) is 0 Å². The van der Waals surface area contributed by atoms with Crippen molar-refractivity contribution in [3.63, 3.8) is 0 Å². The van der Waals surface area contributed by atoms with Gasteiger partial charge in [-0.05, 0) is 56.2 Å². The Hall–Kier alpha value is -2.58. The molecule has 0 spiro atoms. The van der Waals surface area contributed by atoms with Crippen LogP contribution in [0, 0.1) is 0 Å². The van der Waals surface area contributed by atoms with Crippen LogP contribution in [0.15, 0.2) is 58.2 Å². The van der Waals surface area contributed by atoms with Gasteiger partial charge in [0.2, 0.25) is 15.9 Å². The molecular weight excluding hydrogens is 402 g/mol. The summed E-state index contributed by atoms with van der Waals surface area (Å²) < 4.78 is 34.9. The largest absolute Gasteiger partial charge is 0.467 e. The van der Waals surface area contributed by atoms with Gasteiger partial charge >= 0.3 is 0 Å². The van der Waals surface area contributed by atoms with Crippen molar-refractivity contribution in [1.29, 1.82) is 0 Å². The van der Waals surface area contributed by atoms with E-state index >= 15 is 0 Å². The third kappa shape index (κ3) is 4.15. The highest BCUT2D eigenvalue weighted by Crippen LogP contribution is 2.26. The van der Waals surface area contributed by atoms with Crippen LogP contribution in [0.2, 0.25) is 0 Å². The smallest absolute Gasteiger partial charge is 0.243 e. The Bertz CT molecular complexity index is 1110. The normalized spacial score (nSPS) is 17.0. The Balaban J connectivity index is 1.53. The van der Waals surface area contributed by atoms with E-state index in [1.165, 1.54) is 0 Å². The van der Waals surface area contributed by atoms with Gasteiger partial charge in [-0.25, -0.2) is 8.42 Å². The molecule has 1 aliphatic heterocycles. The molecule has 160 valence electrons. The van der Waals surface area contributed by atoms with Crippen LogP contribution >= 0.6 is 0 Å². The van der Waals surface area contributed by atoms with E-state index < -0.39 is 16.1 Å². The van der Waals surface area contributed by atoms with Crippen molar-refractivity contribution in [1.82, 2.24) is 14.2 Å². The number of amides is 1. The third-order valence-corrected chi connectivity index (χ3v) is 7.60. The van der Waals surface area contributed by atoms with E-state index in [4.69, 9.17) is 4.42 Å². The Morgan fingerprint density at radius 3 is 2.60 bits per heavy atom. The van der Waals surface area contributed by atoms with Crippen molar-refractivity contribution >= 4 is 26.8 Å². The number of aromatic nitrogens is 1. The first-order valence-electron chi connectivity index (χ1n) is 10.4. The van der Waals surface area contributed by atoms with E-state index in [9.17, 15) is 13.2 Å². The molecule has 1 amide bonds. The third-order valence-electron chi connectivity index (χ3n) is 5.71. The number of hydrogen-bond donors (Lipinski definition) is 1. The van der Waals surface area contributed by atoms with Crippen LogP contribution in [0.1, 0.15) is 44.4 Å². The number of furan rings is 1. The molecule has 8 heteroatoms. The Morgan fingerprint density at radius 2 is 1.90 bits per heavy atom. The fraction of sp³-hybridized carbons (Fsp3) is 0.409. The predicted octanol–water partition coefficient (Wildman–Crippen LogP) is 3.68. The maximum atomic E-state index is 13.1. The molecule has 3 aromatic rings. The molecule has 7 nitrogen and oxygen atoms in total. The van der Waals surface area contributed by atoms with Gasteiger partial charge < -0.3 is 14.3 Å². The van der Waals surface area contributed by atoms with Crippen molar-refractivity contribution in [2.75, 3.05) is 13.1 Å². The lowest BCUT2D eigenvalue weighted by atomic mass is 10.2. The first-order chi connectivity index (χ1) is 14.5. The molecule has 0 aliphatic carbocycles.